The summed E-state index contributed by atoms with van der Waals surface area (Å²) in [5.74, 6) is 0.203. The number of likely N-dealkylation sites (N-methyl/N-ethyl adjacent to an activating group) is 1. The van der Waals surface area contributed by atoms with Crippen LogP contribution in [0.3, 0.4) is 0 Å². The Morgan fingerprint density at radius 3 is 2.79 bits per heavy atom. The number of nitrogens with one attached hydrogen (secondary N) is 1. The van der Waals surface area contributed by atoms with Gasteiger partial charge in [-0.05, 0) is 19.1 Å². The van der Waals surface area contributed by atoms with Crippen LogP contribution in [0, 0.1) is 0 Å². The maximum absolute atomic E-state index is 12.3. The number of carbonyl (C=O) groups is 1. The third-order valence-electron chi connectivity index (χ3n) is 3.28. The number of hydrogen-bond donors (Lipinski definition) is 1. The average molecular weight is 302 g/mol. The fourth-order valence-electron chi connectivity index (χ4n) is 2.16. The van der Waals surface area contributed by atoms with Crippen molar-refractivity contribution in [3.63, 3.8) is 0 Å². The molecule has 1 amide bonds. The number of thiophene rings is 1. The van der Waals surface area contributed by atoms with E-state index in [-0.39, 0.29) is 5.91 Å². The van der Waals surface area contributed by atoms with E-state index in [0.717, 1.165) is 41.9 Å². The summed E-state index contributed by atoms with van der Waals surface area (Å²) in [6, 6.07) is 3.88. The quantitative estimate of drug-likeness (QED) is 0.898. The zero-order valence-electron chi connectivity index (χ0n) is 11.2. The molecule has 1 aromatic rings. The van der Waals surface area contributed by atoms with Gasteiger partial charge in [-0.1, -0.05) is 11.6 Å². The lowest BCUT2D eigenvalue weighted by Crippen LogP contribution is -2.48. The second kappa shape index (κ2) is 7.24. The van der Waals surface area contributed by atoms with Gasteiger partial charge in [0.05, 0.1) is 17.4 Å². The Labute approximate surface area is 123 Å². The van der Waals surface area contributed by atoms with Gasteiger partial charge in [0.1, 0.15) is 0 Å². The molecule has 0 spiro atoms. The van der Waals surface area contributed by atoms with Gasteiger partial charge in [-0.25, -0.2) is 0 Å². The molecule has 0 atom stereocenters. The molecule has 1 aromatic heterocycles. The molecule has 4 nitrogen and oxygen atoms in total. The first-order chi connectivity index (χ1) is 9.19. The molecule has 0 unspecified atom stereocenters. The van der Waals surface area contributed by atoms with Crippen LogP contribution in [0.25, 0.3) is 0 Å². The Hall–Kier alpha value is -0.620. The van der Waals surface area contributed by atoms with Gasteiger partial charge < -0.3 is 10.2 Å². The number of hydrogen-bond acceptors (Lipinski definition) is 4. The summed E-state index contributed by atoms with van der Waals surface area (Å²) >= 11 is 7.46. The largest absolute Gasteiger partial charge is 0.337 e. The summed E-state index contributed by atoms with van der Waals surface area (Å²) in [5, 5.41) is 3.29. The van der Waals surface area contributed by atoms with E-state index in [4.69, 9.17) is 11.6 Å². The lowest BCUT2D eigenvalue weighted by molar-refractivity contribution is -0.132. The highest BCUT2D eigenvalue weighted by molar-refractivity contribution is 7.16. The van der Waals surface area contributed by atoms with Crippen LogP contribution in [-0.4, -0.2) is 55.0 Å². The van der Waals surface area contributed by atoms with Crippen molar-refractivity contribution in [2.75, 3.05) is 39.3 Å². The van der Waals surface area contributed by atoms with Gasteiger partial charge >= 0.3 is 0 Å². The number of amides is 1. The summed E-state index contributed by atoms with van der Waals surface area (Å²) in [7, 11) is 0. The van der Waals surface area contributed by atoms with Crippen LogP contribution in [0.4, 0.5) is 0 Å². The predicted octanol–water partition coefficient (Wildman–Crippen LogP) is 1.66. The Kier molecular flexibility index (Phi) is 5.63. The first-order valence-corrected chi connectivity index (χ1v) is 7.83. The second-order valence-electron chi connectivity index (χ2n) is 4.64. The van der Waals surface area contributed by atoms with Crippen LogP contribution < -0.4 is 5.32 Å². The van der Waals surface area contributed by atoms with Crippen molar-refractivity contribution >= 4 is 28.8 Å². The van der Waals surface area contributed by atoms with Crippen LogP contribution in [0.2, 0.25) is 4.34 Å². The number of carbonyl (C=O) groups excluding carboxylic acids is 1. The minimum atomic E-state index is 0.203. The molecule has 0 aliphatic carbocycles. The molecule has 2 heterocycles. The minimum absolute atomic E-state index is 0.203. The van der Waals surface area contributed by atoms with Crippen molar-refractivity contribution < 1.29 is 4.79 Å². The first kappa shape index (κ1) is 14.8. The molecular formula is C13H20ClN3OS. The molecule has 0 saturated carbocycles. The van der Waals surface area contributed by atoms with Crippen LogP contribution >= 0.6 is 22.9 Å². The second-order valence-corrected chi connectivity index (χ2v) is 6.44. The minimum Gasteiger partial charge on any atom is -0.337 e. The van der Waals surface area contributed by atoms with Crippen molar-refractivity contribution in [2.24, 2.45) is 0 Å². The molecule has 0 aromatic carbocycles. The van der Waals surface area contributed by atoms with E-state index in [0.29, 0.717) is 13.1 Å². The standard InChI is InChI=1S/C13H20ClN3OS/c1-2-17(9-11-3-4-12(14)19-11)13(18)10-16-7-5-15-6-8-16/h3-4,15H,2,5-10H2,1H3. The van der Waals surface area contributed by atoms with Crippen molar-refractivity contribution in [3.8, 4) is 0 Å². The van der Waals surface area contributed by atoms with Gasteiger partial charge in [0.15, 0.2) is 0 Å². The van der Waals surface area contributed by atoms with Crippen LogP contribution in [-0.2, 0) is 11.3 Å². The average Bonchev–Trinajstić information content (AvgIpc) is 2.82. The third kappa shape index (κ3) is 4.45. The summed E-state index contributed by atoms with van der Waals surface area (Å²) in [6.45, 7) is 7.79. The molecule has 0 radical (unpaired) electrons. The Bertz CT molecular complexity index is 418. The molecule has 106 valence electrons. The van der Waals surface area contributed by atoms with E-state index in [1.54, 1.807) is 11.3 Å². The highest BCUT2D eigenvalue weighted by Gasteiger charge is 2.18. The molecule has 2 rings (SSSR count). The summed E-state index contributed by atoms with van der Waals surface area (Å²) < 4.78 is 0.778. The number of nitrogens with zero attached hydrogens (tertiary/aromatic N) is 2. The van der Waals surface area contributed by atoms with Gasteiger partial charge in [-0.15, -0.1) is 11.3 Å². The van der Waals surface area contributed by atoms with Gasteiger partial charge in [-0.3, -0.25) is 9.69 Å². The number of piperazine rings is 1. The molecule has 1 N–H and O–H groups in total. The van der Waals surface area contributed by atoms with Crippen molar-refractivity contribution in [2.45, 2.75) is 13.5 Å². The molecule has 0 bridgehead atoms. The first-order valence-electron chi connectivity index (χ1n) is 6.64. The topological polar surface area (TPSA) is 35.6 Å². The van der Waals surface area contributed by atoms with Crippen molar-refractivity contribution in [1.82, 2.24) is 15.1 Å². The number of halogens is 1. The maximum Gasteiger partial charge on any atom is 0.237 e. The zero-order valence-corrected chi connectivity index (χ0v) is 12.8. The zero-order chi connectivity index (χ0) is 13.7. The fourth-order valence-corrected chi connectivity index (χ4v) is 3.27. The van der Waals surface area contributed by atoms with E-state index < -0.39 is 0 Å². The number of rotatable bonds is 5. The van der Waals surface area contributed by atoms with E-state index in [1.165, 1.54) is 0 Å². The molecule has 1 aliphatic heterocycles. The maximum atomic E-state index is 12.3. The molecule has 1 aliphatic rings. The van der Waals surface area contributed by atoms with E-state index in [2.05, 4.69) is 10.2 Å². The van der Waals surface area contributed by atoms with Crippen molar-refractivity contribution in [1.29, 1.82) is 0 Å². The van der Waals surface area contributed by atoms with E-state index in [9.17, 15) is 4.79 Å². The van der Waals surface area contributed by atoms with E-state index in [1.807, 2.05) is 24.0 Å². The van der Waals surface area contributed by atoms with Crippen LogP contribution in [0.5, 0.6) is 0 Å². The fraction of sp³-hybridized carbons (Fsp3) is 0.615. The summed E-state index contributed by atoms with van der Waals surface area (Å²) in [4.78, 5) is 17.5. The monoisotopic (exact) mass is 301 g/mol. The Balaban J connectivity index is 1.87. The lowest BCUT2D eigenvalue weighted by atomic mass is 10.3. The molecule has 19 heavy (non-hydrogen) atoms. The summed E-state index contributed by atoms with van der Waals surface area (Å²) in [6.07, 6.45) is 0. The third-order valence-corrected chi connectivity index (χ3v) is 4.49. The molecular weight excluding hydrogens is 282 g/mol. The van der Waals surface area contributed by atoms with Gasteiger partial charge in [0, 0.05) is 37.6 Å². The van der Waals surface area contributed by atoms with Crippen LogP contribution in [0.15, 0.2) is 12.1 Å². The molecule has 1 saturated heterocycles. The smallest absolute Gasteiger partial charge is 0.237 e. The molecule has 6 heteroatoms. The summed E-state index contributed by atoms with van der Waals surface area (Å²) in [5.41, 5.74) is 0. The highest BCUT2D eigenvalue weighted by Crippen LogP contribution is 2.22. The van der Waals surface area contributed by atoms with Crippen LogP contribution in [0.1, 0.15) is 11.8 Å². The molecule has 1 fully saturated rings. The van der Waals surface area contributed by atoms with E-state index >= 15 is 0 Å². The normalized spacial score (nSPS) is 16.5. The van der Waals surface area contributed by atoms with Gasteiger partial charge in [0.25, 0.3) is 0 Å². The predicted molar refractivity (Wildman–Crippen MR) is 79.7 cm³/mol. The van der Waals surface area contributed by atoms with Gasteiger partial charge in [0.2, 0.25) is 5.91 Å². The van der Waals surface area contributed by atoms with Crippen molar-refractivity contribution in [3.05, 3.63) is 21.3 Å². The lowest BCUT2D eigenvalue weighted by Gasteiger charge is -2.29. The Morgan fingerprint density at radius 2 is 2.21 bits per heavy atom. The SMILES string of the molecule is CCN(Cc1ccc(Cl)s1)C(=O)CN1CCNCC1. The van der Waals surface area contributed by atoms with Gasteiger partial charge in [-0.2, -0.15) is 0 Å². The Morgan fingerprint density at radius 1 is 1.47 bits per heavy atom. The highest BCUT2D eigenvalue weighted by atomic mass is 35.5.